The van der Waals surface area contributed by atoms with Crippen molar-refractivity contribution in [2.75, 3.05) is 48.4 Å². The molecule has 0 aliphatic carbocycles. The summed E-state index contributed by atoms with van der Waals surface area (Å²) in [6, 6.07) is 28.4. The lowest BCUT2D eigenvalue weighted by molar-refractivity contribution is 0.0950. The molecule has 5 rings (SSSR count). The van der Waals surface area contributed by atoms with E-state index in [1.54, 1.807) is 19.2 Å². The predicted octanol–water partition coefficient (Wildman–Crippen LogP) is 5.34. The van der Waals surface area contributed by atoms with Crippen molar-refractivity contribution in [3.63, 3.8) is 0 Å². The minimum atomic E-state index is -0.413. The summed E-state index contributed by atoms with van der Waals surface area (Å²) in [5.74, 6) is -0.194. The predicted molar refractivity (Wildman–Crippen MR) is 156 cm³/mol. The Morgan fingerprint density at radius 2 is 1.43 bits per heavy atom. The molecule has 2 N–H and O–H groups in total. The molecule has 4 aromatic carbocycles. The van der Waals surface area contributed by atoms with Crippen LogP contribution in [0.4, 0.5) is 21.5 Å². The van der Waals surface area contributed by atoms with Gasteiger partial charge in [0.25, 0.3) is 11.8 Å². The summed E-state index contributed by atoms with van der Waals surface area (Å²) in [5.41, 5.74) is 4.11. The zero-order chi connectivity index (χ0) is 27.9. The first-order valence-electron chi connectivity index (χ1n) is 13.2. The number of hydrogen-bond donors (Lipinski definition) is 2. The van der Waals surface area contributed by atoms with Crippen molar-refractivity contribution in [2.24, 2.45) is 0 Å². The Morgan fingerprint density at radius 1 is 0.775 bits per heavy atom. The zero-order valence-corrected chi connectivity index (χ0v) is 22.3. The fourth-order valence-corrected chi connectivity index (χ4v) is 4.83. The molecule has 1 saturated heterocycles. The molecule has 0 unspecified atom stereocenters. The topological polar surface area (TPSA) is 73.9 Å². The average Bonchev–Trinajstić information content (AvgIpc) is 3.00. The highest BCUT2D eigenvalue weighted by molar-refractivity contribution is 6.06. The summed E-state index contributed by atoms with van der Waals surface area (Å²) >= 11 is 0. The first-order valence-corrected chi connectivity index (χ1v) is 13.2. The molecule has 204 valence electrons. The number of halogens is 1. The van der Waals surface area contributed by atoms with E-state index in [2.05, 4.69) is 26.5 Å². The Morgan fingerprint density at radius 3 is 2.12 bits per heavy atom. The molecule has 0 aromatic heterocycles. The summed E-state index contributed by atoms with van der Waals surface area (Å²) in [4.78, 5) is 30.7. The van der Waals surface area contributed by atoms with Crippen LogP contribution >= 0.6 is 0 Å². The molecule has 8 heteroatoms. The molecule has 40 heavy (non-hydrogen) atoms. The number of carbonyl (C=O) groups is 2. The van der Waals surface area contributed by atoms with Crippen molar-refractivity contribution in [1.29, 1.82) is 0 Å². The standard InChI is InChI=1S/C32H31FN4O3/c1-40-30-10-6-5-9-29(30)37-19-17-36(18-20-37)28-16-15-26(35-31(38)24-11-13-25(33)14-12-24)21-27(28)32(39)34-22-23-7-3-2-4-8-23/h2-16,21H,17-20,22H2,1H3,(H,34,39)(H,35,38). The number of carbonyl (C=O) groups excluding carboxylic acids is 2. The van der Waals surface area contributed by atoms with Crippen LogP contribution < -0.4 is 25.2 Å². The number of amides is 2. The van der Waals surface area contributed by atoms with Crippen molar-refractivity contribution in [1.82, 2.24) is 5.32 Å². The molecule has 1 fully saturated rings. The van der Waals surface area contributed by atoms with E-state index in [9.17, 15) is 14.0 Å². The molecular weight excluding hydrogens is 507 g/mol. The third-order valence-electron chi connectivity index (χ3n) is 6.95. The fraction of sp³-hybridized carbons (Fsp3) is 0.188. The van der Waals surface area contributed by atoms with Crippen LogP contribution in [0.15, 0.2) is 97.1 Å². The number of rotatable bonds is 8. The number of methoxy groups -OCH3 is 1. The molecular formula is C32H31FN4O3. The van der Waals surface area contributed by atoms with Gasteiger partial charge in [-0.05, 0) is 60.2 Å². The number of hydrogen-bond acceptors (Lipinski definition) is 5. The SMILES string of the molecule is COc1ccccc1N1CCN(c2ccc(NC(=O)c3ccc(F)cc3)cc2C(=O)NCc2ccccc2)CC1. The van der Waals surface area contributed by atoms with Crippen molar-refractivity contribution in [3.8, 4) is 5.75 Å². The van der Waals surface area contributed by atoms with E-state index < -0.39 is 5.82 Å². The molecule has 0 radical (unpaired) electrons. The van der Waals surface area contributed by atoms with Gasteiger partial charge in [-0.15, -0.1) is 0 Å². The molecule has 0 saturated carbocycles. The Hall–Kier alpha value is -4.85. The summed E-state index contributed by atoms with van der Waals surface area (Å²) in [6.45, 7) is 3.31. The summed E-state index contributed by atoms with van der Waals surface area (Å²) in [6.07, 6.45) is 0. The molecule has 4 aromatic rings. The summed E-state index contributed by atoms with van der Waals surface area (Å²) < 4.78 is 18.8. The van der Waals surface area contributed by atoms with Gasteiger partial charge in [0, 0.05) is 49.7 Å². The smallest absolute Gasteiger partial charge is 0.255 e. The molecule has 7 nitrogen and oxygen atoms in total. The van der Waals surface area contributed by atoms with Gasteiger partial charge < -0.3 is 25.2 Å². The molecule has 0 spiro atoms. The lowest BCUT2D eigenvalue weighted by atomic mass is 10.1. The number of ether oxygens (including phenoxy) is 1. The van der Waals surface area contributed by atoms with Crippen LogP contribution in [-0.4, -0.2) is 45.1 Å². The van der Waals surface area contributed by atoms with E-state index in [0.29, 0.717) is 36.4 Å². The summed E-state index contributed by atoms with van der Waals surface area (Å²) in [7, 11) is 1.67. The molecule has 1 aliphatic heterocycles. The number of nitrogens with one attached hydrogen (secondary N) is 2. The van der Waals surface area contributed by atoms with Gasteiger partial charge in [0.2, 0.25) is 0 Å². The number of para-hydroxylation sites is 2. The van der Waals surface area contributed by atoms with E-state index >= 15 is 0 Å². The molecule has 1 aliphatic rings. The van der Waals surface area contributed by atoms with E-state index in [4.69, 9.17) is 4.74 Å². The molecule has 2 amide bonds. The highest BCUT2D eigenvalue weighted by Crippen LogP contribution is 2.31. The van der Waals surface area contributed by atoms with Crippen molar-refractivity contribution in [3.05, 3.63) is 120 Å². The highest BCUT2D eigenvalue weighted by atomic mass is 19.1. The largest absolute Gasteiger partial charge is 0.495 e. The van der Waals surface area contributed by atoms with Crippen LogP contribution in [0.1, 0.15) is 26.3 Å². The Bertz CT molecular complexity index is 1470. The quantitative estimate of drug-likeness (QED) is 0.317. The fourth-order valence-electron chi connectivity index (χ4n) is 4.83. The van der Waals surface area contributed by atoms with Crippen LogP contribution in [0, 0.1) is 5.82 Å². The van der Waals surface area contributed by atoms with Gasteiger partial charge in [-0.2, -0.15) is 0 Å². The second-order valence-electron chi connectivity index (χ2n) is 9.51. The first kappa shape index (κ1) is 26.7. The van der Waals surface area contributed by atoms with Crippen LogP contribution in [0.5, 0.6) is 5.75 Å². The number of anilines is 3. The highest BCUT2D eigenvalue weighted by Gasteiger charge is 2.24. The number of piperazine rings is 1. The lowest BCUT2D eigenvalue weighted by Crippen LogP contribution is -2.47. The second-order valence-corrected chi connectivity index (χ2v) is 9.51. The third kappa shape index (κ3) is 6.23. The normalized spacial score (nSPS) is 13.1. The van der Waals surface area contributed by atoms with Crippen molar-refractivity contribution >= 4 is 28.9 Å². The van der Waals surface area contributed by atoms with Gasteiger partial charge in [0.05, 0.1) is 18.4 Å². The van der Waals surface area contributed by atoms with E-state index in [0.717, 1.165) is 35.8 Å². The van der Waals surface area contributed by atoms with Crippen molar-refractivity contribution in [2.45, 2.75) is 6.54 Å². The minimum absolute atomic E-state index is 0.233. The van der Waals surface area contributed by atoms with E-state index in [1.165, 1.54) is 24.3 Å². The van der Waals surface area contributed by atoms with Crippen LogP contribution in [0.25, 0.3) is 0 Å². The maximum Gasteiger partial charge on any atom is 0.255 e. The number of nitrogens with zero attached hydrogens (tertiary/aromatic N) is 2. The molecule has 1 heterocycles. The Kier molecular flexibility index (Phi) is 8.25. The van der Waals surface area contributed by atoms with Crippen LogP contribution in [0.3, 0.4) is 0 Å². The molecule has 0 bridgehead atoms. The van der Waals surface area contributed by atoms with Gasteiger partial charge in [-0.25, -0.2) is 4.39 Å². The third-order valence-corrected chi connectivity index (χ3v) is 6.95. The Balaban J connectivity index is 1.36. The van der Waals surface area contributed by atoms with Gasteiger partial charge in [-0.3, -0.25) is 9.59 Å². The van der Waals surface area contributed by atoms with Gasteiger partial charge in [0.15, 0.2) is 0 Å². The second kappa shape index (κ2) is 12.3. The van der Waals surface area contributed by atoms with Crippen molar-refractivity contribution < 1.29 is 18.7 Å². The number of benzene rings is 4. The monoisotopic (exact) mass is 538 g/mol. The average molecular weight is 539 g/mol. The summed E-state index contributed by atoms with van der Waals surface area (Å²) in [5, 5.41) is 5.85. The van der Waals surface area contributed by atoms with Gasteiger partial charge in [-0.1, -0.05) is 42.5 Å². The maximum atomic E-state index is 13.5. The zero-order valence-electron chi connectivity index (χ0n) is 22.3. The maximum absolute atomic E-state index is 13.5. The lowest BCUT2D eigenvalue weighted by Gasteiger charge is -2.38. The van der Waals surface area contributed by atoms with E-state index in [1.807, 2.05) is 54.6 Å². The molecule has 0 atom stereocenters. The van der Waals surface area contributed by atoms with Gasteiger partial charge >= 0.3 is 0 Å². The minimum Gasteiger partial charge on any atom is -0.495 e. The van der Waals surface area contributed by atoms with Gasteiger partial charge in [0.1, 0.15) is 11.6 Å². The van der Waals surface area contributed by atoms with Crippen LogP contribution in [0.2, 0.25) is 0 Å². The van der Waals surface area contributed by atoms with Crippen LogP contribution in [-0.2, 0) is 6.54 Å². The van der Waals surface area contributed by atoms with E-state index in [-0.39, 0.29) is 11.8 Å². The Labute approximate surface area is 233 Å². The first-order chi connectivity index (χ1) is 19.5.